The summed E-state index contributed by atoms with van der Waals surface area (Å²) in [6.07, 6.45) is 8.93. The molecule has 1 N–H and O–H groups in total. The van der Waals surface area contributed by atoms with Crippen LogP contribution in [0.2, 0.25) is 0 Å². The lowest BCUT2D eigenvalue weighted by molar-refractivity contribution is -0.144. The van der Waals surface area contributed by atoms with E-state index in [4.69, 9.17) is 9.15 Å². The van der Waals surface area contributed by atoms with Crippen molar-refractivity contribution in [2.75, 3.05) is 13.1 Å². The van der Waals surface area contributed by atoms with Gasteiger partial charge < -0.3 is 14.5 Å². The second kappa shape index (κ2) is 6.05. The van der Waals surface area contributed by atoms with Crippen LogP contribution >= 0.6 is 0 Å². The Bertz CT molecular complexity index is 512. The fourth-order valence-corrected chi connectivity index (χ4v) is 3.70. The van der Waals surface area contributed by atoms with E-state index in [0.29, 0.717) is 6.04 Å². The quantitative estimate of drug-likeness (QED) is 0.903. The van der Waals surface area contributed by atoms with Gasteiger partial charge in [-0.25, -0.2) is 0 Å². The number of fused-ring (bicyclic) bond motifs is 1. The third-order valence-electron chi connectivity index (χ3n) is 5.18. The molecule has 22 heavy (non-hydrogen) atoms. The largest absolute Gasteiger partial charge is 0.472 e. The highest BCUT2D eigenvalue weighted by Crippen LogP contribution is 2.33. The zero-order valence-electron chi connectivity index (χ0n) is 12.9. The number of nitrogens with one attached hydrogen (secondary N) is 1. The number of rotatable bonds is 5. The molecule has 1 aliphatic carbocycles. The molecule has 2 saturated heterocycles. The molecule has 2 aliphatic heterocycles. The Hall–Kier alpha value is -1.33. The molecule has 1 aromatic rings. The van der Waals surface area contributed by atoms with Gasteiger partial charge in [-0.1, -0.05) is 0 Å². The number of furan rings is 1. The van der Waals surface area contributed by atoms with E-state index in [-0.39, 0.29) is 18.1 Å². The molecule has 0 aromatic carbocycles. The Morgan fingerprint density at radius 2 is 2.18 bits per heavy atom. The van der Waals surface area contributed by atoms with Gasteiger partial charge in [-0.15, -0.1) is 0 Å². The van der Waals surface area contributed by atoms with Crippen molar-refractivity contribution in [3.63, 3.8) is 0 Å². The van der Waals surface area contributed by atoms with Crippen LogP contribution in [0.25, 0.3) is 0 Å². The molecule has 3 aliphatic rings. The second-order valence-electron chi connectivity index (χ2n) is 6.89. The maximum atomic E-state index is 12.2. The maximum absolute atomic E-state index is 12.2. The van der Waals surface area contributed by atoms with Crippen LogP contribution in [0.15, 0.2) is 23.0 Å². The van der Waals surface area contributed by atoms with Crippen LogP contribution < -0.4 is 5.32 Å². The molecule has 1 aromatic heterocycles. The second-order valence-corrected chi connectivity index (χ2v) is 6.89. The Labute approximate surface area is 131 Å². The van der Waals surface area contributed by atoms with E-state index in [1.807, 2.05) is 12.3 Å². The summed E-state index contributed by atoms with van der Waals surface area (Å²) in [5, 5.41) is 3.05. The van der Waals surface area contributed by atoms with Gasteiger partial charge in [0.05, 0.1) is 18.6 Å². The third kappa shape index (κ3) is 3.06. The molecule has 3 atom stereocenters. The van der Waals surface area contributed by atoms with E-state index in [9.17, 15) is 4.79 Å². The first kappa shape index (κ1) is 14.3. The molecule has 120 valence electrons. The van der Waals surface area contributed by atoms with E-state index >= 15 is 0 Å². The van der Waals surface area contributed by atoms with E-state index < -0.39 is 0 Å². The Balaban J connectivity index is 1.30. The fraction of sp³-hybridized carbons (Fsp3) is 0.706. The van der Waals surface area contributed by atoms with Crippen molar-refractivity contribution in [2.45, 2.75) is 56.9 Å². The van der Waals surface area contributed by atoms with Crippen LogP contribution in [-0.2, 0) is 16.1 Å². The Kier molecular flexibility index (Phi) is 3.92. The lowest BCUT2D eigenvalue weighted by Gasteiger charge is -2.35. The fourth-order valence-electron chi connectivity index (χ4n) is 3.70. The number of hydrogen-bond acceptors (Lipinski definition) is 4. The molecule has 1 saturated carbocycles. The van der Waals surface area contributed by atoms with E-state index in [1.54, 1.807) is 6.26 Å². The lowest BCUT2D eigenvalue weighted by atomic mass is 9.98. The van der Waals surface area contributed by atoms with Crippen molar-refractivity contribution < 1.29 is 13.9 Å². The number of nitrogens with zero attached hydrogens (tertiary/aromatic N) is 1. The van der Waals surface area contributed by atoms with Gasteiger partial charge in [0.2, 0.25) is 5.91 Å². The minimum atomic E-state index is -0.242. The summed E-state index contributed by atoms with van der Waals surface area (Å²) in [7, 11) is 0. The summed E-state index contributed by atoms with van der Waals surface area (Å²) >= 11 is 0. The first-order chi connectivity index (χ1) is 10.8. The summed E-state index contributed by atoms with van der Waals surface area (Å²) in [5.74, 6) is 0.816. The van der Waals surface area contributed by atoms with Crippen LogP contribution in [0, 0.1) is 5.92 Å². The molecular formula is C17H24N2O3. The van der Waals surface area contributed by atoms with Gasteiger partial charge in [-0.2, -0.15) is 0 Å². The molecule has 0 radical (unpaired) electrons. The van der Waals surface area contributed by atoms with Gasteiger partial charge in [-0.05, 0) is 44.1 Å². The SMILES string of the molecule is O=C(NCC1CC1)[C@@H]1CC[C@H]2[C@H](CCN2Cc2ccoc2)O1. The smallest absolute Gasteiger partial charge is 0.249 e. The van der Waals surface area contributed by atoms with Crippen molar-refractivity contribution >= 4 is 5.91 Å². The summed E-state index contributed by atoms with van der Waals surface area (Å²) in [6.45, 7) is 2.79. The molecule has 5 nitrogen and oxygen atoms in total. The molecule has 5 heteroatoms. The van der Waals surface area contributed by atoms with E-state index in [2.05, 4.69) is 10.2 Å². The molecule has 0 bridgehead atoms. The van der Waals surface area contributed by atoms with Gasteiger partial charge in [0, 0.05) is 31.2 Å². The summed E-state index contributed by atoms with van der Waals surface area (Å²) in [4.78, 5) is 14.7. The molecular weight excluding hydrogens is 280 g/mol. The molecule has 4 rings (SSSR count). The Morgan fingerprint density at radius 1 is 1.27 bits per heavy atom. The monoisotopic (exact) mass is 304 g/mol. The van der Waals surface area contributed by atoms with Crippen LogP contribution in [0.3, 0.4) is 0 Å². The van der Waals surface area contributed by atoms with Crippen molar-refractivity contribution in [2.24, 2.45) is 5.92 Å². The van der Waals surface area contributed by atoms with E-state index in [0.717, 1.165) is 44.8 Å². The van der Waals surface area contributed by atoms with E-state index in [1.165, 1.54) is 18.4 Å². The normalized spacial score (nSPS) is 31.9. The average Bonchev–Trinajstić information content (AvgIpc) is 3.07. The molecule has 0 unspecified atom stereocenters. The van der Waals surface area contributed by atoms with Crippen LogP contribution in [0.5, 0.6) is 0 Å². The predicted octanol–water partition coefficient (Wildman–Crippen LogP) is 1.93. The predicted molar refractivity (Wildman–Crippen MR) is 81.2 cm³/mol. The number of amides is 1. The minimum absolute atomic E-state index is 0.0960. The zero-order valence-corrected chi connectivity index (χ0v) is 12.9. The highest BCUT2D eigenvalue weighted by Gasteiger charge is 2.41. The first-order valence-corrected chi connectivity index (χ1v) is 8.48. The molecule has 3 fully saturated rings. The maximum Gasteiger partial charge on any atom is 0.249 e. The summed E-state index contributed by atoms with van der Waals surface area (Å²) in [5.41, 5.74) is 1.21. The van der Waals surface area contributed by atoms with Crippen LogP contribution in [0.4, 0.5) is 0 Å². The number of carbonyl (C=O) groups excluding carboxylic acids is 1. The minimum Gasteiger partial charge on any atom is -0.472 e. The van der Waals surface area contributed by atoms with Gasteiger partial charge in [0.15, 0.2) is 0 Å². The summed E-state index contributed by atoms with van der Waals surface area (Å²) < 4.78 is 11.2. The van der Waals surface area contributed by atoms with Gasteiger partial charge in [-0.3, -0.25) is 9.69 Å². The van der Waals surface area contributed by atoms with Crippen molar-refractivity contribution in [3.8, 4) is 0 Å². The number of likely N-dealkylation sites (tertiary alicyclic amines) is 1. The van der Waals surface area contributed by atoms with Crippen LogP contribution in [-0.4, -0.2) is 42.1 Å². The highest BCUT2D eigenvalue weighted by molar-refractivity contribution is 5.80. The van der Waals surface area contributed by atoms with Gasteiger partial charge >= 0.3 is 0 Å². The lowest BCUT2D eigenvalue weighted by Crippen LogP contribution is -2.47. The third-order valence-corrected chi connectivity index (χ3v) is 5.18. The first-order valence-electron chi connectivity index (χ1n) is 8.48. The number of ether oxygens (including phenoxy) is 1. The van der Waals surface area contributed by atoms with Gasteiger partial charge in [0.25, 0.3) is 0 Å². The number of hydrogen-bond donors (Lipinski definition) is 1. The molecule has 3 heterocycles. The highest BCUT2D eigenvalue weighted by atomic mass is 16.5. The average molecular weight is 304 g/mol. The topological polar surface area (TPSA) is 54.7 Å². The van der Waals surface area contributed by atoms with Crippen molar-refractivity contribution in [1.29, 1.82) is 0 Å². The zero-order chi connectivity index (χ0) is 14.9. The molecule has 0 spiro atoms. The standard InChI is InChI=1S/C17H24N2O3/c20-17(18-9-12-1-2-12)16-4-3-14-15(22-16)5-7-19(14)10-13-6-8-21-11-13/h6,8,11-12,14-16H,1-5,7,9-10H2,(H,18,20)/t14-,15-,16-/m0/s1. The summed E-state index contributed by atoms with van der Waals surface area (Å²) in [6, 6.07) is 2.47. The van der Waals surface area contributed by atoms with Gasteiger partial charge in [0.1, 0.15) is 6.10 Å². The van der Waals surface area contributed by atoms with Crippen molar-refractivity contribution in [1.82, 2.24) is 10.2 Å². The van der Waals surface area contributed by atoms with Crippen molar-refractivity contribution in [3.05, 3.63) is 24.2 Å². The van der Waals surface area contributed by atoms with Crippen LogP contribution in [0.1, 0.15) is 37.7 Å². The number of carbonyl (C=O) groups is 1. The Morgan fingerprint density at radius 3 is 2.95 bits per heavy atom. The molecule has 1 amide bonds.